The maximum absolute atomic E-state index is 12.9. The third-order valence-corrected chi connectivity index (χ3v) is 6.06. The summed E-state index contributed by atoms with van der Waals surface area (Å²) < 4.78 is 10.9. The number of benzene rings is 2. The Labute approximate surface area is 186 Å². The quantitative estimate of drug-likeness (QED) is 0.744. The van der Waals surface area contributed by atoms with Crippen molar-refractivity contribution in [2.45, 2.75) is 44.5 Å². The molecule has 1 aliphatic heterocycles. The van der Waals surface area contributed by atoms with Crippen LogP contribution in [0.15, 0.2) is 48.5 Å². The van der Waals surface area contributed by atoms with E-state index in [1.54, 1.807) is 13.8 Å². The monoisotopic (exact) mass is 438 g/mol. The van der Waals surface area contributed by atoms with Gasteiger partial charge in [0, 0.05) is 5.92 Å². The van der Waals surface area contributed by atoms with Crippen molar-refractivity contribution in [2.24, 2.45) is 0 Å². The Bertz CT molecular complexity index is 1020. The van der Waals surface area contributed by atoms with Crippen LogP contribution in [0.3, 0.4) is 0 Å². The van der Waals surface area contributed by atoms with E-state index in [9.17, 15) is 19.5 Å². The second-order valence-corrected chi connectivity index (χ2v) is 8.51. The number of nitrogens with one attached hydrogen (secondary N) is 1. The first-order valence-electron chi connectivity index (χ1n) is 10.5. The van der Waals surface area contributed by atoms with Gasteiger partial charge in [-0.15, -0.1) is 0 Å². The van der Waals surface area contributed by atoms with Gasteiger partial charge in [-0.2, -0.15) is 0 Å². The molecular weight excluding hydrogens is 412 g/mol. The largest absolute Gasteiger partial charge is 0.480 e. The maximum atomic E-state index is 12.9. The normalized spacial score (nSPS) is 19.7. The van der Waals surface area contributed by atoms with E-state index < -0.39 is 35.8 Å². The van der Waals surface area contributed by atoms with Gasteiger partial charge in [-0.1, -0.05) is 48.5 Å². The number of fused-ring (bicyclic) bond motifs is 3. The van der Waals surface area contributed by atoms with E-state index in [0.29, 0.717) is 0 Å². The van der Waals surface area contributed by atoms with E-state index >= 15 is 0 Å². The lowest BCUT2D eigenvalue weighted by molar-refractivity contribution is -0.156. The Kier molecular flexibility index (Phi) is 5.64. The standard InChI is InChI=1S/C24H26N2O6/c1-14(21(27)26-20(22(28)29)13-32-24(26,2)3)25-23(30)31-12-19-17-10-6-4-8-15(17)16-9-5-7-11-18(16)19/h4-11,14,19-20H,12-13H2,1-3H3,(H,25,30)(H,28,29). The lowest BCUT2D eigenvalue weighted by Crippen LogP contribution is -2.56. The summed E-state index contributed by atoms with van der Waals surface area (Å²) in [5.74, 6) is -1.80. The predicted molar refractivity (Wildman–Crippen MR) is 116 cm³/mol. The van der Waals surface area contributed by atoms with Gasteiger partial charge < -0.3 is 19.9 Å². The van der Waals surface area contributed by atoms with Crippen molar-refractivity contribution in [1.82, 2.24) is 10.2 Å². The molecule has 0 aromatic heterocycles. The highest BCUT2D eigenvalue weighted by Crippen LogP contribution is 2.44. The van der Waals surface area contributed by atoms with E-state index in [-0.39, 0.29) is 19.1 Å². The van der Waals surface area contributed by atoms with Gasteiger partial charge in [-0.25, -0.2) is 9.59 Å². The fraction of sp³-hybridized carbons (Fsp3) is 0.375. The van der Waals surface area contributed by atoms with Crippen LogP contribution >= 0.6 is 0 Å². The van der Waals surface area contributed by atoms with Crippen LogP contribution in [0.25, 0.3) is 11.1 Å². The van der Waals surface area contributed by atoms with Gasteiger partial charge in [0.15, 0.2) is 6.04 Å². The molecule has 2 unspecified atom stereocenters. The molecule has 0 radical (unpaired) electrons. The molecular formula is C24H26N2O6. The predicted octanol–water partition coefficient (Wildman–Crippen LogP) is 2.96. The smallest absolute Gasteiger partial charge is 0.407 e. The summed E-state index contributed by atoms with van der Waals surface area (Å²) in [6, 6.07) is 13.9. The minimum atomic E-state index is -1.16. The van der Waals surface area contributed by atoms with E-state index in [0.717, 1.165) is 27.2 Å². The number of nitrogens with zero attached hydrogens (tertiary/aromatic N) is 1. The minimum absolute atomic E-state index is 0.0959. The van der Waals surface area contributed by atoms with E-state index in [4.69, 9.17) is 9.47 Å². The molecule has 8 heteroatoms. The maximum Gasteiger partial charge on any atom is 0.407 e. The van der Waals surface area contributed by atoms with Crippen molar-refractivity contribution in [1.29, 1.82) is 0 Å². The Balaban J connectivity index is 1.41. The number of carboxylic acids is 1. The topological polar surface area (TPSA) is 105 Å². The molecule has 4 rings (SSSR count). The number of hydrogen-bond acceptors (Lipinski definition) is 5. The lowest BCUT2D eigenvalue weighted by Gasteiger charge is -2.34. The zero-order valence-electron chi connectivity index (χ0n) is 18.2. The van der Waals surface area contributed by atoms with Crippen LogP contribution in [0, 0.1) is 0 Å². The van der Waals surface area contributed by atoms with Crippen molar-refractivity contribution >= 4 is 18.0 Å². The zero-order chi connectivity index (χ0) is 23.0. The van der Waals surface area contributed by atoms with E-state index in [1.807, 2.05) is 48.5 Å². The van der Waals surface area contributed by atoms with E-state index in [1.165, 1.54) is 6.92 Å². The lowest BCUT2D eigenvalue weighted by atomic mass is 9.98. The molecule has 1 heterocycles. The van der Waals surface area contributed by atoms with Crippen molar-refractivity contribution in [3.8, 4) is 11.1 Å². The molecule has 2 atom stereocenters. The minimum Gasteiger partial charge on any atom is -0.480 e. The van der Waals surface area contributed by atoms with Gasteiger partial charge in [0.2, 0.25) is 5.91 Å². The molecule has 1 fully saturated rings. The zero-order valence-corrected chi connectivity index (χ0v) is 18.2. The molecule has 32 heavy (non-hydrogen) atoms. The summed E-state index contributed by atoms with van der Waals surface area (Å²) in [5.41, 5.74) is 3.34. The molecule has 2 N–H and O–H groups in total. The number of amides is 2. The first-order chi connectivity index (χ1) is 15.2. The number of ether oxygens (including phenoxy) is 2. The van der Waals surface area contributed by atoms with Gasteiger partial charge in [0.25, 0.3) is 0 Å². The molecule has 2 aliphatic rings. The van der Waals surface area contributed by atoms with Crippen LogP contribution in [0.5, 0.6) is 0 Å². The van der Waals surface area contributed by atoms with Crippen LogP contribution in [0.2, 0.25) is 0 Å². The fourth-order valence-corrected chi connectivity index (χ4v) is 4.49. The van der Waals surface area contributed by atoms with Crippen LogP contribution in [-0.4, -0.2) is 59.0 Å². The van der Waals surface area contributed by atoms with Crippen LogP contribution in [0.4, 0.5) is 4.79 Å². The average Bonchev–Trinajstić information content (AvgIpc) is 3.25. The number of carboxylic acid groups (broad SMARTS) is 1. The van der Waals surface area contributed by atoms with Crippen LogP contribution in [-0.2, 0) is 19.1 Å². The number of carbonyl (C=O) groups excluding carboxylic acids is 2. The molecule has 0 spiro atoms. The first-order valence-corrected chi connectivity index (χ1v) is 10.5. The van der Waals surface area contributed by atoms with Gasteiger partial charge in [-0.05, 0) is 43.0 Å². The molecule has 2 aromatic rings. The van der Waals surface area contributed by atoms with Gasteiger partial charge in [0.1, 0.15) is 18.4 Å². The second kappa shape index (κ2) is 8.27. The number of aliphatic carboxylic acids is 1. The Morgan fingerprint density at radius 1 is 1.12 bits per heavy atom. The SMILES string of the molecule is CC(NC(=O)OCC1c2ccccc2-c2ccccc21)C(=O)N1C(C(=O)O)COC1(C)C. The van der Waals surface area contributed by atoms with Gasteiger partial charge in [-0.3, -0.25) is 9.69 Å². The van der Waals surface area contributed by atoms with Crippen molar-refractivity contribution in [3.05, 3.63) is 59.7 Å². The fourth-order valence-electron chi connectivity index (χ4n) is 4.49. The number of rotatable bonds is 5. The van der Waals surface area contributed by atoms with Crippen molar-refractivity contribution < 1.29 is 29.0 Å². The summed E-state index contributed by atoms with van der Waals surface area (Å²) in [6.45, 7) is 4.75. The highest BCUT2D eigenvalue weighted by molar-refractivity contribution is 5.90. The Morgan fingerprint density at radius 3 is 2.25 bits per heavy atom. The molecule has 1 saturated heterocycles. The summed E-state index contributed by atoms with van der Waals surface area (Å²) >= 11 is 0. The number of alkyl carbamates (subject to hydrolysis) is 1. The molecule has 8 nitrogen and oxygen atoms in total. The van der Waals surface area contributed by atoms with E-state index in [2.05, 4.69) is 5.32 Å². The van der Waals surface area contributed by atoms with Gasteiger partial charge >= 0.3 is 12.1 Å². The third-order valence-electron chi connectivity index (χ3n) is 6.06. The number of hydrogen-bond donors (Lipinski definition) is 2. The first kappa shape index (κ1) is 21.8. The molecule has 2 aromatic carbocycles. The number of carbonyl (C=O) groups is 3. The summed E-state index contributed by atoms with van der Waals surface area (Å²) in [4.78, 5) is 38.1. The van der Waals surface area contributed by atoms with Crippen molar-refractivity contribution in [3.63, 3.8) is 0 Å². The summed E-state index contributed by atoms with van der Waals surface area (Å²) in [7, 11) is 0. The average molecular weight is 438 g/mol. The third kappa shape index (κ3) is 3.82. The van der Waals surface area contributed by atoms with Crippen LogP contribution < -0.4 is 5.32 Å². The second-order valence-electron chi connectivity index (χ2n) is 8.51. The van der Waals surface area contributed by atoms with Gasteiger partial charge in [0.05, 0.1) is 6.61 Å². The summed E-state index contributed by atoms with van der Waals surface area (Å²) in [5, 5.41) is 11.9. The summed E-state index contributed by atoms with van der Waals surface area (Å²) in [6.07, 6.45) is -0.738. The van der Waals surface area contributed by atoms with Crippen LogP contribution in [0.1, 0.15) is 37.8 Å². The molecule has 168 valence electrons. The molecule has 0 bridgehead atoms. The molecule has 0 saturated carbocycles. The molecule has 1 aliphatic carbocycles. The highest BCUT2D eigenvalue weighted by Gasteiger charge is 2.48. The Morgan fingerprint density at radius 2 is 1.69 bits per heavy atom. The highest BCUT2D eigenvalue weighted by atomic mass is 16.6. The molecule has 2 amide bonds. The van der Waals surface area contributed by atoms with Crippen molar-refractivity contribution in [2.75, 3.05) is 13.2 Å². The Hall–Kier alpha value is -3.39.